The Labute approximate surface area is 135 Å². The summed E-state index contributed by atoms with van der Waals surface area (Å²) >= 11 is 0. The minimum Gasteiger partial charge on any atom is -0.341 e. The fourth-order valence-corrected chi connectivity index (χ4v) is 1.98. The van der Waals surface area contributed by atoms with E-state index in [-0.39, 0.29) is 11.8 Å². The first-order chi connectivity index (χ1) is 11.1. The number of pyridine rings is 1. The molecule has 2 rings (SSSR count). The van der Waals surface area contributed by atoms with Gasteiger partial charge in [-0.25, -0.2) is 0 Å². The number of hydrogen-bond donors (Lipinski definition) is 1. The third-order valence-corrected chi connectivity index (χ3v) is 3.25. The lowest BCUT2D eigenvalue weighted by Crippen LogP contribution is -2.26. The van der Waals surface area contributed by atoms with Crippen molar-refractivity contribution in [1.29, 1.82) is 0 Å². The highest BCUT2D eigenvalue weighted by atomic mass is 16.2. The summed E-state index contributed by atoms with van der Waals surface area (Å²) in [5.74, 6) is 4.56. The van der Waals surface area contributed by atoms with Crippen LogP contribution < -0.4 is 10.2 Å². The summed E-state index contributed by atoms with van der Waals surface area (Å²) in [7, 11) is 1.72. The van der Waals surface area contributed by atoms with E-state index in [0.717, 1.165) is 11.3 Å². The van der Waals surface area contributed by atoms with Gasteiger partial charge >= 0.3 is 0 Å². The molecule has 0 saturated heterocycles. The lowest BCUT2D eigenvalue weighted by molar-refractivity contribution is -0.115. The zero-order valence-electron chi connectivity index (χ0n) is 13.0. The molecule has 0 saturated carbocycles. The first kappa shape index (κ1) is 16.2. The Morgan fingerprint density at radius 1 is 1.13 bits per heavy atom. The van der Waals surface area contributed by atoms with Crippen molar-refractivity contribution < 1.29 is 9.59 Å². The van der Waals surface area contributed by atoms with Crippen LogP contribution in [0.4, 0.5) is 5.69 Å². The van der Waals surface area contributed by atoms with E-state index in [9.17, 15) is 9.59 Å². The molecule has 0 unspecified atom stereocenters. The van der Waals surface area contributed by atoms with Crippen LogP contribution in [0.15, 0.2) is 48.8 Å². The van der Waals surface area contributed by atoms with E-state index in [1.165, 1.54) is 0 Å². The number of rotatable bonds is 4. The van der Waals surface area contributed by atoms with Crippen LogP contribution in [0.2, 0.25) is 0 Å². The van der Waals surface area contributed by atoms with Crippen molar-refractivity contribution in [1.82, 2.24) is 10.3 Å². The molecule has 0 atom stereocenters. The molecule has 2 aromatic rings. The molecule has 5 heteroatoms. The van der Waals surface area contributed by atoms with Gasteiger partial charge in [0.25, 0.3) is 11.8 Å². The van der Waals surface area contributed by atoms with Gasteiger partial charge in [-0.05, 0) is 42.7 Å². The molecule has 0 aliphatic rings. The third kappa shape index (κ3) is 4.42. The Balaban J connectivity index is 2.02. The molecular weight excluding hydrogens is 290 g/mol. The van der Waals surface area contributed by atoms with Gasteiger partial charge in [0.2, 0.25) is 0 Å². The smallest absolute Gasteiger partial charge is 0.296 e. The average Bonchev–Trinajstić information content (AvgIpc) is 2.60. The Hall–Kier alpha value is -3.13. The topological polar surface area (TPSA) is 62.3 Å². The Morgan fingerprint density at radius 3 is 2.39 bits per heavy atom. The minimum atomic E-state index is -0.304. The summed E-state index contributed by atoms with van der Waals surface area (Å²) in [6, 6.07) is 10.8. The molecule has 1 aromatic heterocycles. The molecule has 1 heterocycles. The Morgan fingerprint density at radius 2 is 1.78 bits per heavy atom. The summed E-state index contributed by atoms with van der Waals surface area (Å²) in [6.45, 7) is 2.01. The van der Waals surface area contributed by atoms with Crippen molar-refractivity contribution >= 4 is 17.5 Å². The molecule has 0 bridgehead atoms. The van der Waals surface area contributed by atoms with Gasteiger partial charge in [0, 0.05) is 37.2 Å². The van der Waals surface area contributed by atoms with Crippen molar-refractivity contribution in [2.24, 2.45) is 0 Å². The molecule has 1 N–H and O–H groups in total. The van der Waals surface area contributed by atoms with Crippen LogP contribution in [0, 0.1) is 11.8 Å². The van der Waals surface area contributed by atoms with Crippen LogP contribution >= 0.6 is 0 Å². The van der Waals surface area contributed by atoms with Gasteiger partial charge in [0.05, 0.1) is 0 Å². The van der Waals surface area contributed by atoms with Crippen LogP contribution in [0.25, 0.3) is 0 Å². The molecule has 0 aliphatic carbocycles. The lowest BCUT2D eigenvalue weighted by Gasteiger charge is -2.17. The monoisotopic (exact) mass is 307 g/mol. The van der Waals surface area contributed by atoms with Gasteiger partial charge in [0.15, 0.2) is 0 Å². The molecule has 5 nitrogen and oxygen atoms in total. The molecular formula is C18H17N3O2. The summed E-state index contributed by atoms with van der Waals surface area (Å²) < 4.78 is 0. The van der Waals surface area contributed by atoms with Gasteiger partial charge in [0.1, 0.15) is 0 Å². The maximum atomic E-state index is 12.3. The van der Waals surface area contributed by atoms with Crippen LogP contribution in [-0.2, 0) is 11.3 Å². The summed E-state index contributed by atoms with van der Waals surface area (Å²) in [5.41, 5.74) is 2.29. The standard InChI is InChI=1S/C18H17N3O2/c1-3-4-17(22)20-13-14-5-7-16(8-6-14)21(2)18(23)15-9-11-19-12-10-15/h5-12H,13H2,1-2H3,(H,20,22). The van der Waals surface area contributed by atoms with Crippen molar-refractivity contribution in [3.63, 3.8) is 0 Å². The first-order valence-corrected chi connectivity index (χ1v) is 7.09. The molecule has 116 valence electrons. The van der Waals surface area contributed by atoms with Crippen LogP contribution in [-0.4, -0.2) is 23.8 Å². The van der Waals surface area contributed by atoms with Crippen molar-refractivity contribution in [3.05, 3.63) is 59.9 Å². The van der Waals surface area contributed by atoms with E-state index < -0.39 is 0 Å². The third-order valence-electron chi connectivity index (χ3n) is 3.25. The number of nitrogens with zero attached hydrogens (tertiary/aromatic N) is 2. The summed E-state index contributed by atoms with van der Waals surface area (Å²) in [5, 5.41) is 2.70. The van der Waals surface area contributed by atoms with E-state index in [0.29, 0.717) is 12.1 Å². The normalized spacial score (nSPS) is 9.48. The highest BCUT2D eigenvalue weighted by Gasteiger charge is 2.12. The summed E-state index contributed by atoms with van der Waals surface area (Å²) in [4.78, 5) is 29.1. The fourth-order valence-electron chi connectivity index (χ4n) is 1.98. The second-order valence-corrected chi connectivity index (χ2v) is 4.82. The van der Waals surface area contributed by atoms with Gasteiger partial charge in [-0.15, -0.1) is 0 Å². The number of amides is 2. The Bertz CT molecular complexity index is 743. The predicted octanol–water partition coefficient (Wildman–Crippen LogP) is 2.00. The maximum absolute atomic E-state index is 12.3. The molecule has 2 amide bonds. The minimum absolute atomic E-state index is 0.105. The van der Waals surface area contributed by atoms with Crippen molar-refractivity contribution in [3.8, 4) is 11.8 Å². The van der Waals surface area contributed by atoms with Gasteiger partial charge in [-0.3, -0.25) is 14.6 Å². The lowest BCUT2D eigenvalue weighted by atomic mass is 10.1. The highest BCUT2D eigenvalue weighted by molar-refractivity contribution is 6.05. The van der Waals surface area contributed by atoms with E-state index in [2.05, 4.69) is 22.1 Å². The van der Waals surface area contributed by atoms with Crippen molar-refractivity contribution in [2.45, 2.75) is 13.5 Å². The number of carbonyl (C=O) groups excluding carboxylic acids is 2. The summed E-state index contributed by atoms with van der Waals surface area (Å²) in [6.07, 6.45) is 3.18. The average molecular weight is 307 g/mol. The van der Waals surface area contributed by atoms with Gasteiger partial charge < -0.3 is 10.2 Å². The first-order valence-electron chi connectivity index (χ1n) is 7.09. The van der Waals surface area contributed by atoms with Gasteiger partial charge in [-0.2, -0.15) is 0 Å². The fraction of sp³-hybridized carbons (Fsp3) is 0.167. The number of aromatic nitrogens is 1. The molecule has 0 spiro atoms. The van der Waals surface area contributed by atoms with E-state index in [1.54, 1.807) is 43.4 Å². The number of anilines is 1. The number of carbonyl (C=O) groups is 2. The number of hydrogen-bond acceptors (Lipinski definition) is 3. The zero-order valence-corrected chi connectivity index (χ0v) is 13.0. The molecule has 1 aromatic carbocycles. The van der Waals surface area contributed by atoms with Crippen molar-refractivity contribution in [2.75, 3.05) is 11.9 Å². The van der Waals surface area contributed by atoms with E-state index >= 15 is 0 Å². The van der Waals surface area contributed by atoms with E-state index in [1.807, 2.05) is 24.3 Å². The second kappa shape index (κ2) is 7.76. The molecule has 0 aliphatic heterocycles. The van der Waals surface area contributed by atoms with Gasteiger partial charge in [-0.1, -0.05) is 18.1 Å². The maximum Gasteiger partial charge on any atom is 0.296 e. The predicted molar refractivity (Wildman–Crippen MR) is 88.7 cm³/mol. The number of benzene rings is 1. The van der Waals surface area contributed by atoms with Crippen LogP contribution in [0.1, 0.15) is 22.8 Å². The van der Waals surface area contributed by atoms with Crippen LogP contribution in [0.3, 0.4) is 0 Å². The molecule has 0 fully saturated rings. The number of nitrogens with one attached hydrogen (secondary N) is 1. The van der Waals surface area contributed by atoms with Crippen LogP contribution in [0.5, 0.6) is 0 Å². The molecule has 0 radical (unpaired) electrons. The second-order valence-electron chi connectivity index (χ2n) is 4.82. The van der Waals surface area contributed by atoms with E-state index in [4.69, 9.17) is 0 Å². The largest absolute Gasteiger partial charge is 0.341 e. The zero-order chi connectivity index (χ0) is 16.7. The quantitative estimate of drug-likeness (QED) is 0.879. The SMILES string of the molecule is CC#CC(=O)NCc1ccc(N(C)C(=O)c2ccncc2)cc1. The Kier molecular flexibility index (Phi) is 5.48. The molecule has 23 heavy (non-hydrogen) atoms. The highest BCUT2D eigenvalue weighted by Crippen LogP contribution is 2.16.